The highest BCUT2D eigenvalue weighted by Crippen LogP contribution is 2.25. The van der Waals surface area contributed by atoms with Gasteiger partial charge in [0.15, 0.2) is 0 Å². The van der Waals surface area contributed by atoms with Crippen LogP contribution >= 0.6 is 0 Å². The molecule has 0 spiro atoms. The molecule has 1 aromatic heterocycles. The Morgan fingerprint density at radius 2 is 1.56 bits per heavy atom. The minimum atomic E-state index is -0.221. The van der Waals surface area contributed by atoms with Crippen LogP contribution in [0.25, 0.3) is 0 Å². The smallest absolute Gasteiger partial charge is 0.258 e. The Morgan fingerprint density at radius 1 is 0.926 bits per heavy atom. The van der Waals surface area contributed by atoms with Gasteiger partial charge in [-0.15, -0.1) is 0 Å². The number of carbonyl (C=O) groups excluding carboxylic acids is 1. The summed E-state index contributed by atoms with van der Waals surface area (Å²) in [5.41, 5.74) is 5.55. The minimum Gasteiger partial charge on any atom is -0.324 e. The summed E-state index contributed by atoms with van der Waals surface area (Å²) in [7, 11) is 0. The maximum absolute atomic E-state index is 12.6. The summed E-state index contributed by atoms with van der Waals surface area (Å²) in [6, 6.07) is 13.9. The van der Waals surface area contributed by atoms with Gasteiger partial charge in [0.1, 0.15) is 0 Å². The van der Waals surface area contributed by atoms with Gasteiger partial charge in [0, 0.05) is 23.8 Å². The molecular weight excluding hydrogens is 336 g/mol. The number of rotatable bonds is 5. The lowest BCUT2D eigenvalue weighted by atomic mass is 10.0. The standard InChI is InChI=1S/C22H24N4O/c1-14(2)18-10-5-6-11-19(18)25-21(27)17-12-23-22(24-13-17)26-20-15(3)8-7-9-16(20)4/h5-14H,1-4H3,(H,25,27)(H,23,24,26). The summed E-state index contributed by atoms with van der Waals surface area (Å²) < 4.78 is 0. The zero-order valence-corrected chi connectivity index (χ0v) is 16.1. The average molecular weight is 360 g/mol. The van der Waals surface area contributed by atoms with Gasteiger partial charge in [-0.25, -0.2) is 9.97 Å². The molecule has 0 fully saturated rings. The molecule has 0 aliphatic rings. The number of hydrogen-bond donors (Lipinski definition) is 2. The number of anilines is 3. The van der Waals surface area contributed by atoms with E-state index in [4.69, 9.17) is 0 Å². The van der Waals surface area contributed by atoms with Gasteiger partial charge in [-0.05, 0) is 42.5 Å². The molecule has 0 aliphatic carbocycles. The normalized spacial score (nSPS) is 10.7. The fourth-order valence-electron chi connectivity index (χ4n) is 2.94. The minimum absolute atomic E-state index is 0.221. The van der Waals surface area contributed by atoms with E-state index in [1.165, 1.54) is 12.4 Å². The Bertz CT molecular complexity index is 929. The van der Waals surface area contributed by atoms with Crippen LogP contribution in [0.1, 0.15) is 46.8 Å². The first kappa shape index (κ1) is 18.6. The lowest BCUT2D eigenvalue weighted by Crippen LogP contribution is -2.14. The average Bonchev–Trinajstić information content (AvgIpc) is 2.65. The molecule has 138 valence electrons. The van der Waals surface area contributed by atoms with E-state index in [0.29, 0.717) is 17.4 Å². The quantitative estimate of drug-likeness (QED) is 0.655. The lowest BCUT2D eigenvalue weighted by Gasteiger charge is -2.14. The topological polar surface area (TPSA) is 66.9 Å². The van der Waals surface area contributed by atoms with Gasteiger partial charge < -0.3 is 10.6 Å². The van der Waals surface area contributed by atoms with Gasteiger partial charge in [0.05, 0.1) is 5.56 Å². The molecule has 3 aromatic rings. The Morgan fingerprint density at radius 3 is 2.19 bits per heavy atom. The summed E-state index contributed by atoms with van der Waals surface area (Å²) in [6.45, 7) is 8.26. The second-order valence-electron chi connectivity index (χ2n) is 6.88. The van der Waals surface area contributed by atoms with Gasteiger partial charge in [0.2, 0.25) is 5.95 Å². The number of aromatic nitrogens is 2. The van der Waals surface area contributed by atoms with Crippen molar-refractivity contribution in [3.05, 3.63) is 77.1 Å². The molecule has 0 aliphatic heterocycles. The molecule has 27 heavy (non-hydrogen) atoms. The van der Waals surface area contributed by atoms with Crippen LogP contribution in [0.3, 0.4) is 0 Å². The van der Waals surface area contributed by atoms with Crippen molar-refractivity contribution < 1.29 is 4.79 Å². The molecule has 0 bridgehead atoms. The van der Waals surface area contributed by atoms with Crippen LogP contribution in [-0.2, 0) is 0 Å². The predicted octanol–water partition coefficient (Wildman–Crippen LogP) is 5.21. The van der Waals surface area contributed by atoms with Gasteiger partial charge in [-0.2, -0.15) is 0 Å². The number of aryl methyl sites for hydroxylation is 2. The molecule has 1 amide bonds. The number of nitrogens with one attached hydrogen (secondary N) is 2. The molecule has 2 N–H and O–H groups in total. The maximum Gasteiger partial charge on any atom is 0.258 e. The van der Waals surface area contributed by atoms with Crippen LogP contribution in [0.2, 0.25) is 0 Å². The molecular formula is C22H24N4O. The zero-order valence-electron chi connectivity index (χ0n) is 16.1. The van der Waals surface area contributed by atoms with Crippen molar-refractivity contribution in [3.63, 3.8) is 0 Å². The van der Waals surface area contributed by atoms with Crippen LogP contribution in [-0.4, -0.2) is 15.9 Å². The number of para-hydroxylation sites is 2. The first-order valence-electron chi connectivity index (χ1n) is 9.01. The third kappa shape index (κ3) is 4.31. The Labute approximate surface area is 159 Å². The molecule has 3 rings (SSSR count). The van der Waals surface area contributed by atoms with E-state index in [-0.39, 0.29) is 5.91 Å². The first-order valence-corrected chi connectivity index (χ1v) is 9.01. The molecule has 2 aromatic carbocycles. The number of nitrogens with zero attached hydrogens (tertiary/aromatic N) is 2. The van der Waals surface area contributed by atoms with E-state index >= 15 is 0 Å². The van der Waals surface area contributed by atoms with E-state index in [2.05, 4.69) is 34.4 Å². The zero-order chi connectivity index (χ0) is 19.4. The van der Waals surface area contributed by atoms with E-state index in [1.807, 2.05) is 56.3 Å². The number of hydrogen-bond acceptors (Lipinski definition) is 4. The summed E-state index contributed by atoms with van der Waals surface area (Å²) in [4.78, 5) is 21.1. The molecule has 0 saturated carbocycles. The summed E-state index contributed by atoms with van der Waals surface area (Å²) in [6.07, 6.45) is 3.08. The molecule has 0 radical (unpaired) electrons. The van der Waals surface area contributed by atoms with Gasteiger partial charge >= 0.3 is 0 Å². The summed E-state index contributed by atoms with van der Waals surface area (Å²) in [5.74, 6) is 0.565. The monoisotopic (exact) mass is 360 g/mol. The van der Waals surface area contributed by atoms with Crippen molar-refractivity contribution in [1.29, 1.82) is 0 Å². The van der Waals surface area contributed by atoms with Crippen molar-refractivity contribution in [1.82, 2.24) is 9.97 Å². The van der Waals surface area contributed by atoms with Crippen LogP contribution in [0.15, 0.2) is 54.9 Å². The van der Waals surface area contributed by atoms with Gasteiger partial charge in [-0.3, -0.25) is 4.79 Å². The largest absolute Gasteiger partial charge is 0.324 e. The molecule has 5 nitrogen and oxygen atoms in total. The molecule has 1 heterocycles. The second kappa shape index (κ2) is 7.99. The fourth-order valence-corrected chi connectivity index (χ4v) is 2.94. The summed E-state index contributed by atoms with van der Waals surface area (Å²) >= 11 is 0. The number of amides is 1. The van der Waals surface area contributed by atoms with E-state index in [1.54, 1.807) is 0 Å². The highest BCUT2D eigenvalue weighted by Gasteiger charge is 2.12. The molecule has 0 saturated heterocycles. The lowest BCUT2D eigenvalue weighted by molar-refractivity contribution is 0.102. The predicted molar refractivity (Wildman–Crippen MR) is 110 cm³/mol. The molecule has 0 atom stereocenters. The molecule has 0 unspecified atom stereocenters. The van der Waals surface area contributed by atoms with Crippen molar-refractivity contribution in [2.75, 3.05) is 10.6 Å². The van der Waals surface area contributed by atoms with Crippen LogP contribution in [0.4, 0.5) is 17.3 Å². The third-order valence-corrected chi connectivity index (χ3v) is 4.46. The Balaban J connectivity index is 1.75. The third-order valence-electron chi connectivity index (χ3n) is 4.46. The van der Waals surface area contributed by atoms with Gasteiger partial charge in [-0.1, -0.05) is 50.2 Å². The van der Waals surface area contributed by atoms with Crippen LogP contribution in [0, 0.1) is 13.8 Å². The second-order valence-corrected chi connectivity index (χ2v) is 6.88. The number of carbonyl (C=O) groups is 1. The Kier molecular flexibility index (Phi) is 5.50. The Hall–Kier alpha value is -3.21. The van der Waals surface area contributed by atoms with E-state index < -0.39 is 0 Å². The van der Waals surface area contributed by atoms with Crippen molar-refractivity contribution >= 4 is 23.2 Å². The van der Waals surface area contributed by atoms with Gasteiger partial charge in [0.25, 0.3) is 5.91 Å². The van der Waals surface area contributed by atoms with Crippen LogP contribution < -0.4 is 10.6 Å². The van der Waals surface area contributed by atoms with Crippen molar-refractivity contribution in [3.8, 4) is 0 Å². The van der Waals surface area contributed by atoms with Crippen LogP contribution in [0.5, 0.6) is 0 Å². The molecule has 5 heteroatoms. The van der Waals surface area contributed by atoms with Crippen molar-refractivity contribution in [2.45, 2.75) is 33.6 Å². The highest BCUT2D eigenvalue weighted by molar-refractivity contribution is 6.04. The fraction of sp³-hybridized carbons (Fsp3) is 0.227. The van der Waals surface area contributed by atoms with Crippen molar-refractivity contribution in [2.24, 2.45) is 0 Å². The van der Waals surface area contributed by atoms with E-state index in [0.717, 1.165) is 28.1 Å². The first-order chi connectivity index (χ1) is 13.0. The maximum atomic E-state index is 12.6. The van der Waals surface area contributed by atoms with E-state index in [9.17, 15) is 4.79 Å². The highest BCUT2D eigenvalue weighted by atomic mass is 16.1. The summed E-state index contributed by atoms with van der Waals surface area (Å²) in [5, 5.41) is 6.18. The SMILES string of the molecule is Cc1cccc(C)c1Nc1ncc(C(=O)Nc2ccccc2C(C)C)cn1. The number of benzene rings is 2.